The van der Waals surface area contributed by atoms with E-state index >= 15 is 0 Å². The Morgan fingerprint density at radius 1 is 0.875 bits per heavy atom. The van der Waals surface area contributed by atoms with E-state index in [0.717, 1.165) is 30.8 Å². The van der Waals surface area contributed by atoms with E-state index in [2.05, 4.69) is 50.9 Å². The molecule has 0 saturated heterocycles. The number of phenolic OH excluding ortho intramolecular Hbond substituents is 1. The number of aromatic hydroxyl groups is 1. The van der Waals surface area contributed by atoms with E-state index in [1.165, 1.54) is 5.56 Å². The van der Waals surface area contributed by atoms with Gasteiger partial charge in [0.05, 0.1) is 6.33 Å². The molecule has 0 amide bonds. The highest BCUT2D eigenvalue weighted by Crippen LogP contribution is 2.27. The van der Waals surface area contributed by atoms with Crippen molar-refractivity contribution >= 4 is 0 Å². The molecule has 1 aromatic carbocycles. The van der Waals surface area contributed by atoms with Gasteiger partial charge >= 0.3 is 0 Å². The number of H-pyrrole nitrogens is 1. The first-order valence-corrected chi connectivity index (χ1v) is 8.00. The molecular weight excluding hydrogens is 302 g/mol. The normalized spacial score (nSPS) is 11.0. The van der Waals surface area contributed by atoms with Gasteiger partial charge in [0.15, 0.2) is 0 Å². The van der Waals surface area contributed by atoms with Crippen molar-refractivity contribution < 1.29 is 5.11 Å². The highest BCUT2D eigenvalue weighted by molar-refractivity contribution is 5.43. The molecule has 0 saturated carbocycles. The maximum absolute atomic E-state index is 10.4. The van der Waals surface area contributed by atoms with Crippen molar-refractivity contribution in [1.82, 2.24) is 24.7 Å². The van der Waals surface area contributed by atoms with E-state index in [1.54, 1.807) is 18.7 Å². The Morgan fingerprint density at radius 2 is 1.38 bits per heavy atom. The predicted molar refractivity (Wildman–Crippen MR) is 98.9 cm³/mol. The van der Waals surface area contributed by atoms with Crippen LogP contribution in [0.1, 0.15) is 16.7 Å². The van der Waals surface area contributed by atoms with E-state index in [0.29, 0.717) is 5.75 Å². The van der Waals surface area contributed by atoms with Gasteiger partial charge in [-0.15, -0.1) is 0 Å². The summed E-state index contributed by atoms with van der Waals surface area (Å²) < 4.78 is 0. The molecule has 0 spiro atoms. The third kappa shape index (κ3) is 7.59. The summed E-state index contributed by atoms with van der Waals surface area (Å²) in [5.74, 6) is 0.435. The Morgan fingerprint density at radius 3 is 1.67 bits per heavy atom. The van der Waals surface area contributed by atoms with Crippen LogP contribution in [0.25, 0.3) is 0 Å². The smallest absolute Gasteiger partial charge is 0.124 e. The zero-order valence-electron chi connectivity index (χ0n) is 15.7. The summed E-state index contributed by atoms with van der Waals surface area (Å²) in [5, 5.41) is 10.4. The van der Waals surface area contributed by atoms with Crippen LogP contribution in [0.2, 0.25) is 0 Å². The number of aromatic nitrogens is 2. The number of hydrogen-bond donors (Lipinski definition) is 2. The van der Waals surface area contributed by atoms with E-state index in [9.17, 15) is 5.11 Å². The molecule has 0 radical (unpaired) electrons. The molecule has 1 heterocycles. The summed E-state index contributed by atoms with van der Waals surface area (Å²) in [6.45, 7) is 2.40. The Bertz CT molecular complexity index is 531. The predicted octanol–water partition coefficient (Wildman–Crippen LogP) is 1.99. The molecule has 6 nitrogen and oxygen atoms in total. The minimum absolute atomic E-state index is 0.435. The van der Waals surface area contributed by atoms with Crippen molar-refractivity contribution in [3.63, 3.8) is 0 Å². The lowest BCUT2D eigenvalue weighted by Gasteiger charge is -2.19. The summed E-state index contributed by atoms with van der Waals surface area (Å²) in [7, 11) is 12.2. The van der Waals surface area contributed by atoms with Crippen LogP contribution >= 0.6 is 0 Å². The molecule has 0 aliphatic rings. The molecule has 1 aromatic heterocycles. The van der Waals surface area contributed by atoms with Gasteiger partial charge in [0.1, 0.15) is 5.75 Å². The van der Waals surface area contributed by atoms with Crippen LogP contribution in [0.4, 0.5) is 0 Å². The first-order valence-electron chi connectivity index (χ1n) is 8.00. The van der Waals surface area contributed by atoms with Crippen molar-refractivity contribution in [2.45, 2.75) is 19.6 Å². The molecule has 24 heavy (non-hydrogen) atoms. The molecule has 0 unspecified atom stereocenters. The van der Waals surface area contributed by atoms with Gasteiger partial charge in [-0.25, -0.2) is 4.98 Å². The number of aromatic amines is 1. The van der Waals surface area contributed by atoms with E-state index in [1.807, 2.05) is 28.2 Å². The molecule has 0 atom stereocenters. The number of hydrogen-bond acceptors (Lipinski definition) is 5. The molecule has 2 rings (SSSR count). The lowest BCUT2D eigenvalue weighted by atomic mass is 10.0. The van der Waals surface area contributed by atoms with Crippen LogP contribution in [0.5, 0.6) is 5.75 Å². The minimum atomic E-state index is 0.435. The Kier molecular flexibility index (Phi) is 8.46. The zero-order valence-corrected chi connectivity index (χ0v) is 15.7. The SMILES string of the molecule is CN(C)Cc1cc(CN(C)C)c(O)c(CN(C)C)c1.c1c[nH]cn1. The summed E-state index contributed by atoms with van der Waals surface area (Å²) in [4.78, 5) is 12.7. The van der Waals surface area contributed by atoms with Gasteiger partial charge < -0.3 is 24.8 Å². The Balaban J connectivity index is 0.000000488. The summed E-state index contributed by atoms with van der Waals surface area (Å²) in [6.07, 6.45) is 5.08. The monoisotopic (exact) mass is 333 g/mol. The van der Waals surface area contributed by atoms with Crippen LogP contribution in [-0.4, -0.2) is 72.1 Å². The maximum atomic E-state index is 10.4. The van der Waals surface area contributed by atoms with Crippen LogP contribution in [-0.2, 0) is 19.6 Å². The molecule has 0 fully saturated rings. The summed E-state index contributed by atoms with van der Waals surface area (Å²) in [5.41, 5.74) is 3.25. The molecule has 134 valence electrons. The van der Waals surface area contributed by atoms with Crippen molar-refractivity contribution in [2.75, 3.05) is 42.3 Å². The Hall–Kier alpha value is -1.89. The van der Waals surface area contributed by atoms with Gasteiger partial charge in [0, 0.05) is 43.2 Å². The second-order valence-electron chi connectivity index (χ2n) is 6.74. The number of nitrogens with one attached hydrogen (secondary N) is 1. The standard InChI is InChI=1S/C15H27N3O.C3H4N2/c1-16(2)9-12-7-13(10-17(3)4)15(19)14(8-12)11-18(5)6;1-2-5-3-4-1/h7-8,19H,9-11H2,1-6H3;1-3H,(H,4,5). The van der Waals surface area contributed by atoms with Gasteiger partial charge in [0.2, 0.25) is 0 Å². The van der Waals surface area contributed by atoms with E-state index in [-0.39, 0.29) is 0 Å². The Labute approximate surface area is 145 Å². The van der Waals surface area contributed by atoms with Crippen molar-refractivity contribution in [1.29, 1.82) is 0 Å². The minimum Gasteiger partial charge on any atom is -0.507 e. The lowest BCUT2D eigenvalue weighted by molar-refractivity contribution is 0.365. The van der Waals surface area contributed by atoms with Crippen LogP contribution in [0, 0.1) is 0 Å². The lowest BCUT2D eigenvalue weighted by Crippen LogP contribution is -2.16. The average molecular weight is 333 g/mol. The third-order valence-corrected chi connectivity index (χ3v) is 3.21. The fourth-order valence-electron chi connectivity index (χ4n) is 2.43. The van der Waals surface area contributed by atoms with Crippen molar-refractivity contribution in [2.24, 2.45) is 0 Å². The number of phenols is 1. The van der Waals surface area contributed by atoms with Gasteiger partial charge in [-0.2, -0.15) is 0 Å². The van der Waals surface area contributed by atoms with Gasteiger partial charge in [-0.3, -0.25) is 0 Å². The topological polar surface area (TPSA) is 58.6 Å². The highest BCUT2D eigenvalue weighted by Gasteiger charge is 2.12. The van der Waals surface area contributed by atoms with Gasteiger partial charge in [-0.05, 0) is 60.0 Å². The fraction of sp³-hybridized carbons (Fsp3) is 0.500. The van der Waals surface area contributed by atoms with Crippen LogP contribution in [0.3, 0.4) is 0 Å². The average Bonchev–Trinajstić information content (AvgIpc) is 3.01. The molecule has 2 aromatic rings. The quantitative estimate of drug-likeness (QED) is 0.847. The third-order valence-electron chi connectivity index (χ3n) is 3.21. The number of benzene rings is 1. The first kappa shape index (κ1) is 20.2. The molecule has 0 aliphatic carbocycles. The number of nitrogens with zero attached hydrogens (tertiary/aromatic N) is 4. The maximum Gasteiger partial charge on any atom is 0.124 e. The molecular formula is C18H31N5O. The first-order chi connectivity index (χ1) is 11.3. The summed E-state index contributed by atoms with van der Waals surface area (Å²) in [6, 6.07) is 4.21. The number of rotatable bonds is 6. The van der Waals surface area contributed by atoms with Crippen LogP contribution in [0.15, 0.2) is 30.9 Å². The second-order valence-corrected chi connectivity index (χ2v) is 6.74. The van der Waals surface area contributed by atoms with Crippen molar-refractivity contribution in [3.8, 4) is 5.75 Å². The molecule has 6 heteroatoms. The van der Waals surface area contributed by atoms with Crippen LogP contribution < -0.4 is 0 Å². The van der Waals surface area contributed by atoms with E-state index in [4.69, 9.17) is 0 Å². The van der Waals surface area contributed by atoms with Gasteiger partial charge in [0.25, 0.3) is 0 Å². The van der Waals surface area contributed by atoms with E-state index < -0.39 is 0 Å². The molecule has 0 aliphatic heterocycles. The fourth-order valence-corrected chi connectivity index (χ4v) is 2.43. The largest absolute Gasteiger partial charge is 0.507 e. The summed E-state index contributed by atoms with van der Waals surface area (Å²) >= 11 is 0. The zero-order chi connectivity index (χ0) is 18.1. The molecule has 2 N–H and O–H groups in total. The highest BCUT2D eigenvalue weighted by atomic mass is 16.3. The number of imidazole rings is 1. The molecule has 0 bridgehead atoms. The second kappa shape index (κ2) is 10.1. The van der Waals surface area contributed by atoms with Crippen molar-refractivity contribution in [3.05, 3.63) is 47.5 Å². The van der Waals surface area contributed by atoms with Gasteiger partial charge in [-0.1, -0.05) is 0 Å².